The number of nitro benzene ring substituents is 1. The first-order valence-corrected chi connectivity index (χ1v) is 6.91. The van der Waals surface area contributed by atoms with Crippen molar-refractivity contribution >= 4 is 28.9 Å². The molecule has 0 aliphatic rings. The third-order valence-corrected chi connectivity index (χ3v) is 3.21. The third kappa shape index (κ3) is 4.40. The number of nitro groups is 1. The molecule has 0 radical (unpaired) electrons. The Morgan fingerprint density at radius 2 is 2.09 bits per heavy atom. The second-order valence-corrected chi connectivity index (χ2v) is 5.04. The minimum absolute atomic E-state index is 0.0564. The Balaban J connectivity index is 2.05. The van der Waals surface area contributed by atoms with Crippen LogP contribution in [-0.2, 0) is 4.79 Å². The summed E-state index contributed by atoms with van der Waals surface area (Å²) in [4.78, 5) is 22.2. The van der Waals surface area contributed by atoms with Crippen molar-refractivity contribution in [1.82, 2.24) is 0 Å². The molecule has 1 N–H and O–H groups in total. The number of hydrogen-bond donors (Lipinski definition) is 1. The van der Waals surface area contributed by atoms with Crippen LogP contribution in [0.5, 0.6) is 5.75 Å². The zero-order valence-electron chi connectivity index (χ0n) is 12.0. The lowest BCUT2D eigenvalue weighted by Crippen LogP contribution is -2.30. The number of benzene rings is 2. The van der Waals surface area contributed by atoms with Gasteiger partial charge in [0.2, 0.25) is 0 Å². The van der Waals surface area contributed by atoms with E-state index in [1.54, 1.807) is 0 Å². The summed E-state index contributed by atoms with van der Waals surface area (Å²) in [5.41, 5.74) is 0.101. The molecule has 0 aliphatic heterocycles. The third-order valence-electron chi connectivity index (χ3n) is 2.90. The Labute approximate surface area is 136 Å². The zero-order valence-corrected chi connectivity index (χ0v) is 12.7. The Bertz CT molecular complexity index is 754. The van der Waals surface area contributed by atoms with Crippen LogP contribution in [0.15, 0.2) is 42.5 Å². The molecule has 0 aromatic heterocycles. The van der Waals surface area contributed by atoms with E-state index in [2.05, 4.69) is 5.32 Å². The largest absolute Gasteiger partial charge is 0.481 e. The van der Waals surface area contributed by atoms with E-state index in [9.17, 15) is 19.3 Å². The van der Waals surface area contributed by atoms with Crippen LogP contribution in [0.2, 0.25) is 5.02 Å². The Morgan fingerprint density at radius 3 is 2.74 bits per heavy atom. The van der Waals surface area contributed by atoms with Crippen molar-refractivity contribution in [1.29, 1.82) is 0 Å². The van der Waals surface area contributed by atoms with Gasteiger partial charge >= 0.3 is 0 Å². The summed E-state index contributed by atoms with van der Waals surface area (Å²) in [6, 6.07) is 9.05. The van der Waals surface area contributed by atoms with Gasteiger partial charge in [0.15, 0.2) is 6.10 Å². The smallest absolute Gasteiger partial charge is 0.273 e. The molecule has 2 rings (SSSR count). The lowest BCUT2D eigenvalue weighted by atomic mass is 10.2. The minimum atomic E-state index is -0.932. The van der Waals surface area contributed by atoms with Gasteiger partial charge < -0.3 is 10.1 Å². The van der Waals surface area contributed by atoms with Crippen LogP contribution in [-0.4, -0.2) is 16.9 Å². The summed E-state index contributed by atoms with van der Waals surface area (Å²) in [6.45, 7) is 1.48. The monoisotopic (exact) mass is 338 g/mol. The van der Waals surface area contributed by atoms with E-state index in [0.29, 0.717) is 0 Å². The maximum atomic E-state index is 13.0. The molecule has 0 heterocycles. The molecule has 0 unspecified atom stereocenters. The highest BCUT2D eigenvalue weighted by Crippen LogP contribution is 2.24. The van der Waals surface area contributed by atoms with E-state index in [1.165, 1.54) is 37.3 Å². The summed E-state index contributed by atoms with van der Waals surface area (Å²) in [6.07, 6.45) is -0.932. The van der Waals surface area contributed by atoms with Gasteiger partial charge in [0.1, 0.15) is 11.6 Å². The van der Waals surface area contributed by atoms with Gasteiger partial charge in [-0.25, -0.2) is 4.39 Å². The highest BCUT2D eigenvalue weighted by molar-refractivity contribution is 6.33. The van der Waals surface area contributed by atoms with Crippen LogP contribution in [0.1, 0.15) is 6.92 Å². The van der Waals surface area contributed by atoms with Crippen molar-refractivity contribution in [2.75, 3.05) is 5.32 Å². The molecule has 2 aromatic carbocycles. The van der Waals surface area contributed by atoms with Gasteiger partial charge in [0, 0.05) is 6.07 Å². The molecule has 0 spiro atoms. The molecular weight excluding hydrogens is 327 g/mol. The standard InChI is InChI=1S/C15H12ClFN2O4/c1-9(23-12-4-2-3-11(8-12)19(21)22)15(20)18-14-6-5-10(17)7-13(14)16/h2-9H,1H3,(H,18,20)/t9-/m1/s1. The normalized spacial score (nSPS) is 11.6. The second-order valence-electron chi connectivity index (χ2n) is 4.63. The van der Waals surface area contributed by atoms with E-state index in [1.807, 2.05) is 0 Å². The Hall–Kier alpha value is -2.67. The van der Waals surface area contributed by atoms with Crippen LogP contribution < -0.4 is 10.1 Å². The van der Waals surface area contributed by atoms with E-state index in [0.717, 1.165) is 12.1 Å². The van der Waals surface area contributed by atoms with Gasteiger partial charge in [-0.15, -0.1) is 0 Å². The number of carbonyl (C=O) groups is 1. The average Bonchev–Trinajstić information content (AvgIpc) is 2.50. The summed E-state index contributed by atoms with van der Waals surface area (Å²) in [7, 11) is 0. The number of halogens is 2. The number of nitrogens with zero attached hydrogens (tertiary/aromatic N) is 1. The molecular formula is C15H12ClFN2O4. The van der Waals surface area contributed by atoms with Crippen molar-refractivity contribution in [3.8, 4) is 5.75 Å². The lowest BCUT2D eigenvalue weighted by Gasteiger charge is -2.15. The van der Waals surface area contributed by atoms with Crippen molar-refractivity contribution in [3.05, 3.63) is 63.4 Å². The molecule has 8 heteroatoms. The van der Waals surface area contributed by atoms with E-state index < -0.39 is 22.8 Å². The van der Waals surface area contributed by atoms with Crippen LogP contribution >= 0.6 is 11.6 Å². The first-order chi connectivity index (χ1) is 10.9. The molecule has 1 amide bonds. The number of amides is 1. The number of nitrogens with one attached hydrogen (secondary N) is 1. The molecule has 6 nitrogen and oxygen atoms in total. The summed E-state index contributed by atoms with van der Waals surface area (Å²) < 4.78 is 18.3. The molecule has 0 saturated heterocycles. The van der Waals surface area contributed by atoms with E-state index in [4.69, 9.17) is 16.3 Å². The van der Waals surface area contributed by atoms with Crippen molar-refractivity contribution < 1.29 is 18.8 Å². The summed E-state index contributed by atoms with van der Waals surface area (Å²) in [5, 5.41) is 13.3. The van der Waals surface area contributed by atoms with Gasteiger partial charge in [-0.3, -0.25) is 14.9 Å². The predicted octanol–water partition coefficient (Wildman–Crippen LogP) is 3.79. The van der Waals surface area contributed by atoms with Crippen LogP contribution in [0.25, 0.3) is 0 Å². The van der Waals surface area contributed by atoms with Gasteiger partial charge in [-0.05, 0) is 31.2 Å². The fourth-order valence-electron chi connectivity index (χ4n) is 1.75. The average molecular weight is 339 g/mol. The molecule has 120 valence electrons. The molecule has 0 bridgehead atoms. The van der Waals surface area contributed by atoms with Crippen LogP contribution in [0.3, 0.4) is 0 Å². The number of anilines is 1. The van der Waals surface area contributed by atoms with Crippen LogP contribution in [0.4, 0.5) is 15.8 Å². The fourth-order valence-corrected chi connectivity index (χ4v) is 1.97. The zero-order chi connectivity index (χ0) is 17.0. The second kappa shape index (κ2) is 7.06. The SMILES string of the molecule is C[C@@H](Oc1cccc([N+](=O)[O-])c1)C(=O)Nc1ccc(F)cc1Cl. The highest BCUT2D eigenvalue weighted by Gasteiger charge is 2.17. The van der Waals surface area contributed by atoms with Gasteiger partial charge in [-0.1, -0.05) is 17.7 Å². The topological polar surface area (TPSA) is 81.5 Å². The molecule has 1 atom stereocenters. The van der Waals surface area contributed by atoms with E-state index in [-0.39, 0.29) is 22.1 Å². The predicted molar refractivity (Wildman–Crippen MR) is 83.2 cm³/mol. The quantitative estimate of drug-likeness (QED) is 0.664. The van der Waals surface area contributed by atoms with Crippen LogP contribution in [0, 0.1) is 15.9 Å². The van der Waals surface area contributed by atoms with Gasteiger partial charge in [-0.2, -0.15) is 0 Å². The number of carbonyl (C=O) groups excluding carboxylic acids is 1. The maximum absolute atomic E-state index is 13.0. The first-order valence-electron chi connectivity index (χ1n) is 6.54. The Kier molecular flexibility index (Phi) is 5.13. The molecule has 23 heavy (non-hydrogen) atoms. The molecule has 0 saturated carbocycles. The summed E-state index contributed by atoms with van der Waals surface area (Å²) >= 11 is 5.82. The maximum Gasteiger partial charge on any atom is 0.273 e. The first kappa shape index (κ1) is 16.7. The highest BCUT2D eigenvalue weighted by atomic mass is 35.5. The van der Waals surface area contributed by atoms with Crippen molar-refractivity contribution in [2.45, 2.75) is 13.0 Å². The van der Waals surface area contributed by atoms with E-state index >= 15 is 0 Å². The minimum Gasteiger partial charge on any atom is -0.481 e. The summed E-state index contributed by atoms with van der Waals surface area (Å²) in [5.74, 6) is -0.856. The molecule has 0 fully saturated rings. The lowest BCUT2D eigenvalue weighted by molar-refractivity contribution is -0.384. The number of ether oxygens (including phenoxy) is 1. The van der Waals surface area contributed by atoms with Crippen molar-refractivity contribution in [2.24, 2.45) is 0 Å². The molecule has 0 aliphatic carbocycles. The number of hydrogen-bond acceptors (Lipinski definition) is 4. The number of rotatable bonds is 5. The van der Waals surface area contributed by atoms with Gasteiger partial charge in [0.25, 0.3) is 11.6 Å². The molecule has 2 aromatic rings. The van der Waals surface area contributed by atoms with Gasteiger partial charge in [0.05, 0.1) is 21.7 Å². The Morgan fingerprint density at radius 1 is 1.35 bits per heavy atom. The van der Waals surface area contributed by atoms with Crippen molar-refractivity contribution in [3.63, 3.8) is 0 Å². The number of non-ortho nitro benzene ring substituents is 1. The fraction of sp³-hybridized carbons (Fsp3) is 0.133.